The van der Waals surface area contributed by atoms with E-state index in [1.54, 1.807) is 17.9 Å². The van der Waals surface area contributed by atoms with E-state index < -0.39 is 17.9 Å². The van der Waals surface area contributed by atoms with Gasteiger partial charge in [-0.15, -0.1) is 0 Å². The van der Waals surface area contributed by atoms with E-state index in [0.717, 1.165) is 5.69 Å². The van der Waals surface area contributed by atoms with Crippen molar-refractivity contribution < 1.29 is 14.7 Å². The minimum absolute atomic E-state index is 0.0441. The molecule has 3 N–H and O–H groups in total. The second-order valence-electron chi connectivity index (χ2n) is 5.04. The first-order valence-corrected chi connectivity index (χ1v) is 6.65. The molecule has 0 aliphatic heterocycles. The van der Waals surface area contributed by atoms with Crippen molar-refractivity contribution in [2.45, 2.75) is 27.2 Å². The van der Waals surface area contributed by atoms with E-state index in [4.69, 9.17) is 5.11 Å². The lowest BCUT2D eigenvalue weighted by Crippen LogP contribution is -2.37. The molecule has 0 spiro atoms. The Labute approximate surface area is 118 Å². The van der Waals surface area contributed by atoms with E-state index in [0.29, 0.717) is 12.1 Å². The number of hydrogen-bond acceptors (Lipinski definition) is 3. The molecule has 20 heavy (non-hydrogen) atoms. The fourth-order valence-corrected chi connectivity index (χ4v) is 1.88. The van der Waals surface area contributed by atoms with Crippen LogP contribution in [0.4, 0.5) is 10.5 Å². The van der Waals surface area contributed by atoms with Gasteiger partial charge in [-0.2, -0.15) is 5.10 Å². The van der Waals surface area contributed by atoms with Crippen molar-refractivity contribution in [3.8, 4) is 0 Å². The fraction of sp³-hybridized carbons (Fsp3) is 0.615. The van der Waals surface area contributed by atoms with Crippen molar-refractivity contribution in [3.05, 3.63) is 11.9 Å². The first kappa shape index (κ1) is 16.0. The van der Waals surface area contributed by atoms with Crippen LogP contribution in [0.5, 0.6) is 0 Å². The maximum atomic E-state index is 11.8. The summed E-state index contributed by atoms with van der Waals surface area (Å²) in [5.41, 5.74) is 1.44. The Balaban J connectivity index is 2.57. The summed E-state index contributed by atoms with van der Waals surface area (Å²) in [7, 11) is 1.78. The number of urea groups is 1. The van der Waals surface area contributed by atoms with Crippen LogP contribution in [0.15, 0.2) is 6.20 Å². The number of aliphatic carboxylic acids is 1. The molecular formula is C13H22N4O3. The van der Waals surface area contributed by atoms with Gasteiger partial charge in [0.2, 0.25) is 0 Å². The fourth-order valence-electron chi connectivity index (χ4n) is 1.88. The van der Waals surface area contributed by atoms with Gasteiger partial charge in [0, 0.05) is 19.8 Å². The molecule has 1 aromatic heterocycles. The third-order valence-corrected chi connectivity index (χ3v) is 3.09. The lowest BCUT2D eigenvalue weighted by atomic mass is 9.96. The van der Waals surface area contributed by atoms with Crippen LogP contribution in [0, 0.1) is 11.8 Å². The highest BCUT2D eigenvalue weighted by atomic mass is 16.4. The smallest absolute Gasteiger partial charge is 0.319 e. The molecule has 0 aromatic carbocycles. The molecule has 0 aliphatic carbocycles. The van der Waals surface area contributed by atoms with E-state index in [1.807, 2.05) is 20.8 Å². The van der Waals surface area contributed by atoms with E-state index >= 15 is 0 Å². The first-order valence-electron chi connectivity index (χ1n) is 6.65. The molecule has 0 fully saturated rings. The van der Waals surface area contributed by atoms with Gasteiger partial charge in [-0.3, -0.25) is 9.48 Å². The Kier molecular flexibility index (Phi) is 5.54. The molecule has 1 unspecified atom stereocenters. The van der Waals surface area contributed by atoms with Crippen molar-refractivity contribution in [2.24, 2.45) is 18.9 Å². The average Bonchev–Trinajstić information content (AvgIpc) is 2.68. The summed E-state index contributed by atoms with van der Waals surface area (Å²) in [6.07, 6.45) is 2.43. The van der Waals surface area contributed by atoms with E-state index in [2.05, 4.69) is 15.7 Å². The molecule has 0 radical (unpaired) electrons. The largest absolute Gasteiger partial charge is 0.481 e. The van der Waals surface area contributed by atoms with Crippen LogP contribution in [0.3, 0.4) is 0 Å². The van der Waals surface area contributed by atoms with Gasteiger partial charge in [-0.05, 0) is 12.3 Å². The van der Waals surface area contributed by atoms with Crippen LogP contribution < -0.4 is 10.6 Å². The molecule has 0 saturated carbocycles. The number of anilines is 1. The van der Waals surface area contributed by atoms with Gasteiger partial charge in [0.25, 0.3) is 0 Å². The van der Waals surface area contributed by atoms with Crippen molar-refractivity contribution >= 4 is 17.7 Å². The molecular weight excluding hydrogens is 260 g/mol. The quantitative estimate of drug-likeness (QED) is 0.736. The molecule has 0 saturated heterocycles. The average molecular weight is 282 g/mol. The molecule has 2 amide bonds. The highest BCUT2D eigenvalue weighted by Crippen LogP contribution is 2.14. The summed E-state index contributed by atoms with van der Waals surface area (Å²) in [4.78, 5) is 22.8. The van der Waals surface area contributed by atoms with Crippen molar-refractivity contribution in [1.29, 1.82) is 0 Å². The van der Waals surface area contributed by atoms with Gasteiger partial charge in [0.15, 0.2) is 0 Å². The van der Waals surface area contributed by atoms with Crippen LogP contribution in [-0.4, -0.2) is 33.4 Å². The van der Waals surface area contributed by atoms with Crippen molar-refractivity contribution in [3.63, 3.8) is 0 Å². The van der Waals surface area contributed by atoms with Crippen molar-refractivity contribution in [1.82, 2.24) is 15.1 Å². The standard InChI is InChI=1S/C13H22N4O3/c1-5-10-11(7-17(4)16-10)15-13(20)14-6-9(8(2)3)12(18)19/h7-9H,5-6H2,1-4H3,(H,18,19)(H2,14,15,20). The molecule has 112 valence electrons. The first-order chi connectivity index (χ1) is 9.35. The minimum atomic E-state index is -0.907. The summed E-state index contributed by atoms with van der Waals surface area (Å²) in [6.45, 7) is 5.68. The zero-order valence-electron chi connectivity index (χ0n) is 12.3. The zero-order chi connectivity index (χ0) is 15.3. The molecule has 7 nitrogen and oxygen atoms in total. The maximum Gasteiger partial charge on any atom is 0.319 e. The SMILES string of the molecule is CCc1nn(C)cc1NC(=O)NCC(C(=O)O)C(C)C. The number of nitrogens with zero attached hydrogens (tertiary/aromatic N) is 2. The second-order valence-corrected chi connectivity index (χ2v) is 5.04. The van der Waals surface area contributed by atoms with Gasteiger partial charge in [-0.1, -0.05) is 20.8 Å². The van der Waals surface area contributed by atoms with Crippen LogP contribution in [0.25, 0.3) is 0 Å². The van der Waals surface area contributed by atoms with Gasteiger partial charge >= 0.3 is 12.0 Å². The zero-order valence-corrected chi connectivity index (χ0v) is 12.3. The lowest BCUT2D eigenvalue weighted by molar-refractivity contribution is -0.142. The summed E-state index contributed by atoms with van der Waals surface area (Å²) in [6, 6.07) is -0.417. The maximum absolute atomic E-state index is 11.8. The van der Waals surface area contributed by atoms with Crippen LogP contribution >= 0.6 is 0 Å². The van der Waals surface area contributed by atoms with E-state index in [9.17, 15) is 9.59 Å². The molecule has 0 bridgehead atoms. The van der Waals surface area contributed by atoms with Gasteiger partial charge in [0.1, 0.15) is 0 Å². The summed E-state index contributed by atoms with van der Waals surface area (Å²) in [5, 5.41) is 18.5. The normalized spacial score (nSPS) is 12.2. The molecule has 1 heterocycles. The van der Waals surface area contributed by atoms with Gasteiger partial charge < -0.3 is 15.7 Å². The van der Waals surface area contributed by atoms with E-state index in [-0.39, 0.29) is 12.5 Å². The molecule has 1 aromatic rings. The molecule has 7 heteroatoms. The summed E-state index contributed by atoms with van der Waals surface area (Å²) >= 11 is 0. The van der Waals surface area contributed by atoms with E-state index in [1.165, 1.54) is 0 Å². The summed E-state index contributed by atoms with van der Waals surface area (Å²) in [5.74, 6) is -1.55. The molecule has 1 atom stereocenters. The van der Waals surface area contributed by atoms with Crippen LogP contribution in [-0.2, 0) is 18.3 Å². The monoisotopic (exact) mass is 282 g/mol. The number of aromatic nitrogens is 2. The lowest BCUT2D eigenvalue weighted by Gasteiger charge is -2.16. The Hall–Kier alpha value is -2.05. The number of carboxylic acid groups (broad SMARTS) is 1. The highest BCUT2D eigenvalue weighted by molar-refractivity contribution is 5.90. The Morgan fingerprint density at radius 3 is 2.60 bits per heavy atom. The number of carbonyl (C=O) groups excluding carboxylic acids is 1. The van der Waals surface area contributed by atoms with Gasteiger partial charge in [-0.25, -0.2) is 4.79 Å². The number of carboxylic acids is 1. The number of hydrogen-bond donors (Lipinski definition) is 3. The minimum Gasteiger partial charge on any atom is -0.481 e. The number of amides is 2. The Morgan fingerprint density at radius 2 is 2.10 bits per heavy atom. The second kappa shape index (κ2) is 6.93. The Bertz CT molecular complexity index is 482. The predicted molar refractivity (Wildman–Crippen MR) is 75.6 cm³/mol. The highest BCUT2D eigenvalue weighted by Gasteiger charge is 2.22. The van der Waals surface area contributed by atoms with Crippen molar-refractivity contribution in [2.75, 3.05) is 11.9 Å². The third-order valence-electron chi connectivity index (χ3n) is 3.09. The topological polar surface area (TPSA) is 96.3 Å². The number of rotatable bonds is 6. The Morgan fingerprint density at radius 1 is 1.45 bits per heavy atom. The number of aryl methyl sites for hydroxylation is 2. The predicted octanol–water partition coefficient (Wildman–Crippen LogP) is 1.46. The number of carbonyl (C=O) groups is 2. The molecule has 1 rings (SSSR count). The van der Waals surface area contributed by atoms with Gasteiger partial charge in [0.05, 0.1) is 17.3 Å². The van der Waals surface area contributed by atoms with Crippen LogP contribution in [0.2, 0.25) is 0 Å². The molecule has 0 aliphatic rings. The summed E-state index contributed by atoms with van der Waals surface area (Å²) < 4.78 is 1.63. The van der Waals surface area contributed by atoms with Crippen LogP contribution in [0.1, 0.15) is 26.5 Å². The number of nitrogens with one attached hydrogen (secondary N) is 2. The third kappa shape index (κ3) is 4.25.